The van der Waals surface area contributed by atoms with E-state index in [1.165, 1.54) is 39.5 Å². The van der Waals surface area contributed by atoms with Crippen molar-refractivity contribution in [2.75, 3.05) is 21.3 Å². The number of aromatic carboxylic acids is 1. The van der Waals surface area contributed by atoms with E-state index < -0.39 is 19.1 Å². The number of phenolic OH excluding ortho intramolecular Hbond substituents is 1. The van der Waals surface area contributed by atoms with Gasteiger partial charge in [0.05, 0.1) is 52.5 Å². The fourth-order valence-electron chi connectivity index (χ4n) is 6.63. The number of phenols is 1. The number of methoxy groups -OCH3 is 3. The molecule has 0 aromatic heterocycles. The largest absolute Gasteiger partial charge is 0.507 e. The minimum Gasteiger partial charge on any atom is -0.507 e. The van der Waals surface area contributed by atoms with Crippen LogP contribution in [0.1, 0.15) is 110 Å². The van der Waals surface area contributed by atoms with E-state index in [4.69, 9.17) is 39.2 Å². The van der Waals surface area contributed by atoms with Crippen molar-refractivity contribution in [3.63, 3.8) is 0 Å². The van der Waals surface area contributed by atoms with E-state index in [0.717, 1.165) is 43.6 Å². The van der Waals surface area contributed by atoms with Crippen molar-refractivity contribution in [1.82, 2.24) is 0 Å². The van der Waals surface area contributed by atoms with Crippen LogP contribution >= 0.6 is 31.9 Å². The van der Waals surface area contributed by atoms with Crippen LogP contribution < -0.4 is 14.2 Å². The number of ether oxygens (including phenoxy) is 6. The Balaban J connectivity index is 0.000000277. The summed E-state index contributed by atoms with van der Waals surface area (Å²) in [6.45, 7) is 14.5. The van der Waals surface area contributed by atoms with Crippen LogP contribution in [0.15, 0.2) is 203 Å². The molecule has 0 radical (unpaired) electrons. The molecule has 0 spiro atoms. The third-order valence-corrected chi connectivity index (χ3v) is 12.9. The van der Waals surface area contributed by atoms with Crippen LogP contribution in [-0.2, 0) is 34.0 Å². The highest BCUT2D eigenvalue weighted by Gasteiger charge is 2.15. The average Bonchev–Trinajstić information content (AvgIpc) is 3.50. The third-order valence-electron chi connectivity index (χ3n) is 11.7. The zero-order valence-corrected chi connectivity index (χ0v) is 49.6. The number of hydrogen-bond donors (Lipinski definition) is 4. The zero-order chi connectivity index (χ0) is 59.9. The summed E-state index contributed by atoms with van der Waals surface area (Å²) in [6, 6.07) is 49.5. The molecule has 7 aromatic rings. The lowest BCUT2D eigenvalue weighted by molar-refractivity contribution is 0.0591. The highest BCUT2D eigenvalue weighted by atomic mass is 79.9. The van der Waals surface area contributed by atoms with Crippen molar-refractivity contribution in [2.24, 2.45) is 0 Å². The van der Waals surface area contributed by atoms with Gasteiger partial charge in [0.1, 0.15) is 42.8 Å². The molecule has 0 saturated carbocycles. The Hall–Kier alpha value is -8.22. The Bertz CT molecular complexity index is 3180. The lowest BCUT2D eigenvalue weighted by Gasteiger charge is -2.15. The molecular weight excluding hydrogens is 1160 g/mol. The van der Waals surface area contributed by atoms with Crippen molar-refractivity contribution >= 4 is 68.4 Å². The molecule has 14 nitrogen and oxygen atoms in total. The number of rotatable bonds is 17. The van der Waals surface area contributed by atoms with E-state index in [0.29, 0.717) is 58.0 Å². The Kier molecular flexibility index (Phi) is 29.9. The molecule has 0 fully saturated rings. The van der Waals surface area contributed by atoms with Gasteiger partial charge in [0.2, 0.25) is 0 Å². The minimum absolute atomic E-state index is 0.0232. The van der Waals surface area contributed by atoms with Gasteiger partial charge in [0.15, 0.2) is 0 Å². The second kappa shape index (κ2) is 36.1. The summed E-state index contributed by atoms with van der Waals surface area (Å²) in [5, 5.41) is 34.8. The molecule has 81 heavy (non-hydrogen) atoms. The number of carbonyl (C=O) groups excluding carboxylic acids is 3. The fourth-order valence-corrected chi connectivity index (χ4v) is 7.50. The maximum absolute atomic E-state index is 11.7. The van der Waals surface area contributed by atoms with E-state index in [1.807, 2.05) is 130 Å². The number of benzene rings is 7. The van der Waals surface area contributed by atoms with Gasteiger partial charge in [-0.1, -0.05) is 116 Å². The van der Waals surface area contributed by atoms with Gasteiger partial charge >= 0.3 is 31.0 Å². The van der Waals surface area contributed by atoms with Gasteiger partial charge in [-0.05, 0) is 160 Å². The molecule has 0 aliphatic carbocycles. The standard InChI is InChI=1S/C19H20O3.C18H18O3.C15H13BrO3.C8H7BrO3.C4H9BO2/c1-4-14(2)17-12-16(19(20)21-3)10-11-18(17)22-13-15-8-6-5-7-9-15;1-3-13(2)16-11-15(18(19)20)9-10-17(16)21-12-14-7-5-4-6-8-14;1-18-15(17)12-7-8-14(13(16)9-12)19-10-11-5-3-2-4-6-11;1-12-8(11)5-2-3-7(10)6(9)4-5;1-3-4(2)5(6)7/h4-12H,13H2,1-3H3;3-11,13H,1,12H2,2H3,(H,19,20);2-9H,10H2,1H3;2-4,10H,1H3;3,6-7H,1-2H3/b14-4-;;;;4-3-. The smallest absolute Gasteiger partial charge is 0.483 e. The first-order chi connectivity index (χ1) is 38.8. The molecule has 4 N–H and O–H groups in total. The number of carboxylic acid groups (broad SMARTS) is 1. The third kappa shape index (κ3) is 23.2. The first-order valence-electron chi connectivity index (χ1n) is 25.1. The van der Waals surface area contributed by atoms with E-state index in [1.54, 1.807) is 68.5 Å². The lowest BCUT2D eigenvalue weighted by atomic mass is 9.81. The summed E-state index contributed by atoms with van der Waals surface area (Å²) in [4.78, 5) is 45.1. The monoisotopic (exact) mass is 1230 g/mol. The van der Waals surface area contributed by atoms with Crippen LogP contribution in [0.4, 0.5) is 0 Å². The molecule has 1 atom stereocenters. The molecule has 0 heterocycles. The molecule has 0 aliphatic rings. The van der Waals surface area contributed by atoms with Crippen LogP contribution in [0.25, 0.3) is 5.57 Å². The van der Waals surface area contributed by atoms with Crippen LogP contribution in [0.2, 0.25) is 0 Å². The summed E-state index contributed by atoms with van der Waals surface area (Å²) in [5.74, 6) is 0.186. The molecule has 1 unspecified atom stereocenters. The van der Waals surface area contributed by atoms with E-state index >= 15 is 0 Å². The van der Waals surface area contributed by atoms with Crippen molar-refractivity contribution in [2.45, 2.75) is 60.4 Å². The van der Waals surface area contributed by atoms with Crippen molar-refractivity contribution in [1.29, 1.82) is 0 Å². The van der Waals surface area contributed by atoms with Crippen molar-refractivity contribution in [3.8, 4) is 23.0 Å². The predicted octanol–water partition coefficient (Wildman–Crippen LogP) is 14.4. The minimum atomic E-state index is -1.27. The summed E-state index contributed by atoms with van der Waals surface area (Å²) < 4.78 is 32.6. The van der Waals surface area contributed by atoms with Crippen LogP contribution in [0.5, 0.6) is 23.0 Å². The molecule has 7 rings (SSSR count). The van der Waals surface area contributed by atoms with Gasteiger partial charge in [-0.25, -0.2) is 19.2 Å². The van der Waals surface area contributed by atoms with Gasteiger partial charge in [-0.3, -0.25) is 0 Å². The van der Waals surface area contributed by atoms with Crippen LogP contribution in [-0.4, -0.2) is 72.6 Å². The number of carboxylic acids is 1. The van der Waals surface area contributed by atoms with Crippen LogP contribution in [0, 0.1) is 0 Å². The summed E-state index contributed by atoms with van der Waals surface area (Å²) in [7, 11) is 2.77. The number of carbonyl (C=O) groups is 4. The molecule has 7 aromatic carbocycles. The Morgan fingerprint density at radius 2 is 0.938 bits per heavy atom. The van der Waals surface area contributed by atoms with Gasteiger partial charge in [0.25, 0.3) is 0 Å². The van der Waals surface area contributed by atoms with E-state index in [2.05, 4.69) is 47.9 Å². The lowest BCUT2D eigenvalue weighted by Crippen LogP contribution is -2.12. The molecule has 0 bridgehead atoms. The normalized spacial score (nSPS) is 10.8. The SMILES string of the molecule is C/C=C(/C)B(O)O.C/C=C(/C)c1cc(C(=O)OC)ccc1OCc1ccccc1.C=CC(C)c1cc(C(=O)O)ccc1OCc1ccccc1.COC(=O)c1ccc(O)c(Br)c1.COC(=O)c1ccc(OCc2ccccc2)c(Br)c1. The first kappa shape index (κ1) is 67.1. The first-order valence-corrected chi connectivity index (χ1v) is 26.7. The average molecular weight is 1230 g/mol. The predicted molar refractivity (Wildman–Crippen MR) is 324 cm³/mol. The fraction of sp³-hybridized carbons (Fsp3) is 0.188. The van der Waals surface area contributed by atoms with Gasteiger partial charge in [-0.15, -0.1) is 6.58 Å². The Morgan fingerprint density at radius 3 is 1.32 bits per heavy atom. The number of halogens is 2. The number of allylic oxidation sites excluding steroid dienone is 5. The number of esters is 3. The van der Waals surface area contributed by atoms with E-state index in [9.17, 15) is 19.2 Å². The summed E-state index contributed by atoms with van der Waals surface area (Å²) in [5.41, 5.74) is 8.29. The maximum Gasteiger partial charge on any atom is 0.483 e. The molecular formula is C64H67BBr2O14. The quantitative estimate of drug-likeness (QED) is 0.0290. The molecule has 424 valence electrons. The topological polar surface area (TPSA) is 205 Å². The second-order valence-electron chi connectivity index (χ2n) is 17.3. The van der Waals surface area contributed by atoms with Crippen molar-refractivity contribution < 1.29 is 67.9 Å². The maximum atomic E-state index is 11.7. The van der Waals surface area contributed by atoms with Gasteiger partial charge in [0, 0.05) is 17.0 Å². The highest BCUT2D eigenvalue weighted by Crippen LogP contribution is 2.31. The summed E-state index contributed by atoms with van der Waals surface area (Å²) >= 11 is 6.47. The molecule has 0 amide bonds. The van der Waals surface area contributed by atoms with Gasteiger partial charge < -0.3 is 48.7 Å². The van der Waals surface area contributed by atoms with Crippen LogP contribution in [0.3, 0.4) is 0 Å². The molecule has 0 aliphatic heterocycles. The number of aromatic hydroxyl groups is 1. The highest BCUT2D eigenvalue weighted by molar-refractivity contribution is 9.11. The zero-order valence-electron chi connectivity index (χ0n) is 46.4. The van der Waals surface area contributed by atoms with Gasteiger partial charge in [-0.2, -0.15) is 0 Å². The summed E-state index contributed by atoms with van der Waals surface area (Å²) in [6.07, 6.45) is 5.42. The Labute approximate surface area is 491 Å². The second-order valence-corrected chi connectivity index (χ2v) is 19.0. The molecule has 0 saturated heterocycles. The number of hydrogen-bond acceptors (Lipinski definition) is 13. The van der Waals surface area contributed by atoms with E-state index in [-0.39, 0.29) is 29.2 Å². The van der Waals surface area contributed by atoms with Crippen molar-refractivity contribution in [3.05, 3.63) is 253 Å². The molecule has 17 heteroatoms. The Morgan fingerprint density at radius 1 is 0.543 bits per heavy atom.